The summed E-state index contributed by atoms with van der Waals surface area (Å²) in [5.74, 6) is 1.63. The van der Waals surface area contributed by atoms with Gasteiger partial charge in [0.05, 0.1) is 6.20 Å². The molecule has 1 amide bonds. The summed E-state index contributed by atoms with van der Waals surface area (Å²) in [6, 6.07) is 1.86. The molecule has 114 valence electrons. The Morgan fingerprint density at radius 3 is 2.95 bits per heavy atom. The molecule has 2 N–H and O–H groups in total. The SMILES string of the molecule is CCCn1nccc1NC(=O)CCC1CCNCC1.Cl. The minimum Gasteiger partial charge on any atom is -0.317 e. The van der Waals surface area contributed by atoms with Gasteiger partial charge in [-0.15, -0.1) is 12.4 Å². The molecule has 1 saturated heterocycles. The number of nitrogens with one attached hydrogen (secondary N) is 2. The largest absolute Gasteiger partial charge is 0.317 e. The summed E-state index contributed by atoms with van der Waals surface area (Å²) < 4.78 is 1.85. The maximum absolute atomic E-state index is 11.9. The second-order valence-electron chi connectivity index (χ2n) is 5.22. The summed E-state index contributed by atoms with van der Waals surface area (Å²) in [4.78, 5) is 11.9. The molecular formula is C14H25ClN4O. The first kappa shape index (κ1) is 17.0. The highest BCUT2D eigenvalue weighted by molar-refractivity contribution is 5.89. The van der Waals surface area contributed by atoms with Crippen LogP contribution in [0.1, 0.15) is 39.0 Å². The van der Waals surface area contributed by atoms with Crippen LogP contribution in [0, 0.1) is 5.92 Å². The Morgan fingerprint density at radius 1 is 1.50 bits per heavy atom. The minimum absolute atomic E-state index is 0. The molecule has 6 heteroatoms. The van der Waals surface area contributed by atoms with Gasteiger partial charge in [-0.3, -0.25) is 4.79 Å². The van der Waals surface area contributed by atoms with Gasteiger partial charge in [0.2, 0.25) is 5.91 Å². The summed E-state index contributed by atoms with van der Waals surface area (Å²) in [7, 11) is 0. The molecule has 0 atom stereocenters. The van der Waals surface area contributed by atoms with Gasteiger partial charge in [-0.1, -0.05) is 6.92 Å². The van der Waals surface area contributed by atoms with Crippen LogP contribution in [0.15, 0.2) is 12.3 Å². The van der Waals surface area contributed by atoms with Gasteiger partial charge in [-0.2, -0.15) is 5.10 Å². The van der Waals surface area contributed by atoms with Crippen molar-refractivity contribution in [3.8, 4) is 0 Å². The standard InChI is InChI=1S/C14H24N4O.ClH/c1-2-11-18-13(7-10-16-18)17-14(19)4-3-12-5-8-15-9-6-12;/h7,10,12,15H,2-6,8-9,11H2,1H3,(H,17,19);1H. The molecule has 0 saturated carbocycles. The van der Waals surface area contributed by atoms with Crippen LogP contribution < -0.4 is 10.6 Å². The molecule has 1 aliphatic rings. The number of anilines is 1. The van der Waals surface area contributed by atoms with Gasteiger partial charge in [0.25, 0.3) is 0 Å². The maximum Gasteiger partial charge on any atom is 0.225 e. The Morgan fingerprint density at radius 2 is 2.25 bits per heavy atom. The van der Waals surface area contributed by atoms with E-state index in [9.17, 15) is 4.79 Å². The molecule has 0 radical (unpaired) electrons. The number of nitrogens with zero attached hydrogens (tertiary/aromatic N) is 2. The average Bonchev–Trinajstić information content (AvgIpc) is 2.85. The number of piperidine rings is 1. The lowest BCUT2D eigenvalue weighted by molar-refractivity contribution is -0.116. The van der Waals surface area contributed by atoms with Crippen molar-refractivity contribution in [2.45, 2.75) is 45.6 Å². The van der Waals surface area contributed by atoms with E-state index in [1.807, 2.05) is 10.7 Å². The summed E-state index contributed by atoms with van der Waals surface area (Å²) in [5, 5.41) is 10.5. The fraction of sp³-hybridized carbons (Fsp3) is 0.714. The molecule has 1 aromatic rings. The number of carbonyl (C=O) groups is 1. The van der Waals surface area contributed by atoms with Crippen LogP contribution in [-0.4, -0.2) is 28.8 Å². The van der Waals surface area contributed by atoms with Crippen molar-refractivity contribution < 1.29 is 4.79 Å². The summed E-state index contributed by atoms with van der Waals surface area (Å²) in [6.07, 6.45) is 6.75. The van der Waals surface area contributed by atoms with Crippen molar-refractivity contribution >= 4 is 24.1 Å². The van der Waals surface area contributed by atoms with Gasteiger partial charge in [-0.05, 0) is 44.7 Å². The van der Waals surface area contributed by atoms with Crippen molar-refractivity contribution in [2.75, 3.05) is 18.4 Å². The first-order valence-electron chi connectivity index (χ1n) is 7.32. The van der Waals surface area contributed by atoms with Crippen LogP contribution in [0.4, 0.5) is 5.82 Å². The maximum atomic E-state index is 11.9. The fourth-order valence-electron chi connectivity index (χ4n) is 2.54. The van der Waals surface area contributed by atoms with Crippen LogP contribution >= 0.6 is 12.4 Å². The molecule has 0 aliphatic carbocycles. The Bertz CT molecular complexity index is 402. The smallest absolute Gasteiger partial charge is 0.225 e. The van der Waals surface area contributed by atoms with Crippen LogP contribution in [-0.2, 0) is 11.3 Å². The van der Waals surface area contributed by atoms with Crippen LogP contribution in [0.3, 0.4) is 0 Å². The summed E-state index contributed by atoms with van der Waals surface area (Å²) in [5.41, 5.74) is 0. The third-order valence-electron chi connectivity index (χ3n) is 3.66. The molecule has 1 aliphatic heterocycles. The number of halogens is 1. The third-order valence-corrected chi connectivity index (χ3v) is 3.66. The number of hydrogen-bond donors (Lipinski definition) is 2. The average molecular weight is 301 g/mol. The van der Waals surface area contributed by atoms with E-state index in [-0.39, 0.29) is 18.3 Å². The quantitative estimate of drug-likeness (QED) is 0.848. The molecular weight excluding hydrogens is 276 g/mol. The first-order valence-corrected chi connectivity index (χ1v) is 7.32. The zero-order chi connectivity index (χ0) is 13.5. The second kappa shape index (κ2) is 8.97. The molecule has 2 heterocycles. The molecule has 20 heavy (non-hydrogen) atoms. The highest BCUT2D eigenvalue weighted by atomic mass is 35.5. The Hall–Kier alpha value is -1.07. The Labute approximate surface area is 126 Å². The van der Waals surface area contributed by atoms with E-state index in [0.717, 1.165) is 38.3 Å². The van der Waals surface area contributed by atoms with E-state index in [2.05, 4.69) is 22.7 Å². The monoisotopic (exact) mass is 300 g/mol. The van der Waals surface area contributed by atoms with Gasteiger partial charge in [-0.25, -0.2) is 4.68 Å². The van der Waals surface area contributed by atoms with E-state index < -0.39 is 0 Å². The number of rotatable bonds is 6. The number of amides is 1. The van der Waals surface area contributed by atoms with Crippen molar-refractivity contribution in [3.63, 3.8) is 0 Å². The molecule has 0 bridgehead atoms. The predicted octanol–water partition coefficient (Wildman–Crippen LogP) is 2.43. The zero-order valence-corrected chi connectivity index (χ0v) is 12.9. The lowest BCUT2D eigenvalue weighted by Crippen LogP contribution is -2.28. The van der Waals surface area contributed by atoms with E-state index in [1.54, 1.807) is 6.20 Å². The van der Waals surface area contributed by atoms with Gasteiger partial charge in [0.15, 0.2) is 0 Å². The first-order chi connectivity index (χ1) is 9.29. The Kier molecular flexibility index (Phi) is 7.62. The summed E-state index contributed by atoms with van der Waals surface area (Å²) in [6.45, 7) is 5.13. The van der Waals surface area contributed by atoms with Gasteiger partial charge in [0, 0.05) is 19.0 Å². The van der Waals surface area contributed by atoms with Crippen molar-refractivity contribution in [1.82, 2.24) is 15.1 Å². The van der Waals surface area contributed by atoms with E-state index >= 15 is 0 Å². The lowest BCUT2D eigenvalue weighted by atomic mass is 9.93. The van der Waals surface area contributed by atoms with Crippen molar-refractivity contribution in [3.05, 3.63) is 12.3 Å². The lowest BCUT2D eigenvalue weighted by Gasteiger charge is -2.22. The second-order valence-corrected chi connectivity index (χ2v) is 5.22. The normalized spacial score (nSPS) is 15.7. The van der Waals surface area contributed by atoms with E-state index in [0.29, 0.717) is 12.3 Å². The number of aryl methyl sites for hydroxylation is 1. The minimum atomic E-state index is 0. The molecule has 0 aromatic carbocycles. The number of aromatic nitrogens is 2. The Balaban J connectivity index is 0.00000200. The molecule has 2 rings (SSSR count). The number of hydrogen-bond acceptors (Lipinski definition) is 3. The predicted molar refractivity (Wildman–Crippen MR) is 83.2 cm³/mol. The fourth-order valence-corrected chi connectivity index (χ4v) is 2.54. The topological polar surface area (TPSA) is 59.0 Å². The van der Waals surface area contributed by atoms with Crippen LogP contribution in [0.5, 0.6) is 0 Å². The molecule has 0 spiro atoms. The molecule has 5 nitrogen and oxygen atoms in total. The highest BCUT2D eigenvalue weighted by Gasteiger charge is 2.15. The molecule has 1 aromatic heterocycles. The van der Waals surface area contributed by atoms with Crippen molar-refractivity contribution in [2.24, 2.45) is 5.92 Å². The van der Waals surface area contributed by atoms with Crippen LogP contribution in [0.2, 0.25) is 0 Å². The molecule has 0 unspecified atom stereocenters. The number of carbonyl (C=O) groups excluding carboxylic acids is 1. The zero-order valence-electron chi connectivity index (χ0n) is 12.1. The van der Waals surface area contributed by atoms with Gasteiger partial charge < -0.3 is 10.6 Å². The summed E-state index contributed by atoms with van der Waals surface area (Å²) >= 11 is 0. The van der Waals surface area contributed by atoms with Gasteiger partial charge >= 0.3 is 0 Å². The van der Waals surface area contributed by atoms with E-state index in [4.69, 9.17) is 0 Å². The van der Waals surface area contributed by atoms with Gasteiger partial charge in [0.1, 0.15) is 5.82 Å². The van der Waals surface area contributed by atoms with Crippen LogP contribution in [0.25, 0.3) is 0 Å². The van der Waals surface area contributed by atoms with Crippen molar-refractivity contribution in [1.29, 1.82) is 0 Å². The third kappa shape index (κ3) is 5.13. The highest BCUT2D eigenvalue weighted by Crippen LogP contribution is 2.18. The van der Waals surface area contributed by atoms with E-state index in [1.165, 1.54) is 12.8 Å². The molecule has 1 fully saturated rings.